The van der Waals surface area contributed by atoms with Crippen molar-refractivity contribution in [2.24, 2.45) is 0 Å². The van der Waals surface area contributed by atoms with E-state index in [1.54, 1.807) is 22.9 Å². The molecule has 11 heteroatoms. The molecule has 4 N–H and O–H groups in total. The van der Waals surface area contributed by atoms with Crippen molar-refractivity contribution in [3.05, 3.63) is 35.4 Å². The van der Waals surface area contributed by atoms with Gasteiger partial charge in [-0.25, -0.2) is 0 Å². The number of benzene rings is 1. The molecule has 0 saturated carbocycles. The summed E-state index contributed by atoms with van der Waals surface area (Å²) in [4.78, 5) is 32.9. The van der Waals surface area contributed by atoms with Crippen LogP contribution in [0.5, 0.6) is 0 Å². The zero-order valence-corrected chi connectivity index (χ0v) is 20.6. The van der Waals surface area contributed by atoms with Gasteiger partial charge in [0.2, 0.25) is 5.91 Å². The van der Waals surface area contributed by atoms with E-state index in [1.807, 2.05) is 12.1 Å². The third-order valence-corrected chi connectivity index (χ3v) is 7.61. The number of hydrogen-bond donors (Lipinski definition) is 4. The van der Waals surface area contributed by atoms with E-state index in [9.17, 15) is 9.59 Å². The largest absolute Gasteiger partial charge is 0.395 e. The lowest BCUT2D eigenvalue weighted by atomic mass is 10.1. The quantitative estimate of drug-likeness (QED) is 0.149. The first kappa shape index (κ1) is 28.2. The van der Waals surface area contributed by atoms with Crippen LogP contribution in [0.1, 0.15) is 53.8 Å². The fourth-order valence-corrected chi connectivity index (χ4v) is 5.09. The van der Waals surface area contributed by atoms with E-state index in [0.29, 0.717) is 24.5 Å². The van der Waals surface area contributed by atoms with Gasteiger partial charge in [-0.05, 0) is 37.5 Å². The van der Waals surface area contributed by atoms with Crippen LogP contribution in [0.2, 0.25) is 0 Å². The SMILES string of the molecule is COP(O)OCCCCCCNC(=O)CSSC(C)c1ccc(C(=O)NCCO)cc1. The first-order chi connectivity index (χ1) is 15.0. The lowest BCUT2D eigenvalue weighted by molar-refractivity contribution is -0.118. The van der Waals surface area contributed by atoms with Crippen molar-refractivity contribution in [1.82, 2.24) is 10.6 Å². The van der Waals surface area contributed by atoms with Crippen molar-refractivity contribution in [2.45, 2.75) is 37.9 Å². The minimum Gasteiger partial charge on any atom is -0.395 e. The molecule has 0 radical (unpaired) electrons. The maximum atomic E-state index is 11.9. The molecule has 0 fully saturated rings. The Morgan fingerprint density at radius 1 is 1.10 bits per heavy atom. The highest BCUT2D eigenvalue weighted by Gasteiger charge is 2.10. The summed E-state index contributed by atoms with van der Waals surface area (Å²) in [5.74, 6) is 0.211. The Bertz CT molecular complexity index is 639. The van der Waals surface area contributed by atoms with Crippen molar-refractivity contribution in [3.8, 4) is 0 Å². The highest BCUT2D eigenvalue weighted by molar-refractivity contribution is 8.76. The first-order valence-corrected chi connectivity index (χ1v) is 13.7. The van der Waals surface area contributed by atoms with Gasteiger partial charge in [-0.2, -0.15) is 0 Å². The molecule has 0 aliphatic rings. The van der Waals surface area contributed by atoms with E-state index < -0.39 is 8.60 Å². The van der Waals surface area contributed by atoms with Gasteiger partial charge in [-0.3, -0.25) is 9.59 Å². The molecule has 0 bridgehead atoms. The molecule has 0 aliphatic heterocycles. The summed E-state index contributed by atoms with van der Waals surface area (Å²) in [7, 11) is 2.81. The Balaban J connectivity index is 2.11. The number of rotatable bonds is 17. The molecule has 1 aromatic carbocycles. The van der Waals surface area contributed by atoms with Crippen LogP contribution in [0.3, 0.4) is 0 Å². The van der Waals surface area contributed by atoms with Crippen molar-refractivity contribution in [2.75, 3.05) is 39.2 Å². The number of amides is 2. The molecule has 31 heavy (non-hydrogen) atoms. The molecule has 0 aliphatic carbocycles. The van der Waals surface area contributed by atoms with Crippen LogP contribution in [-0.4, -0.2) is 61.0 Å². The molecular formula is C20H33N2O6PS2. The third kappa shape index (κ3) is 13.3. The summed E-state index contributed by atoms with van der Waals surface area (Å²) in [5, 5.41) is 14.5. The fraction of sp³-hybridized carbons (Fsp3) is 0.600. The number of aliphatic hydroxyl groups is 1. The predicted octanol–water partition coefficient (Wildman–Crippen LogP) is 3.41. The van der Waals surface area contributed by atoms with Gasteiger partial charge in [0.25, 0.3) is 5.91 Å². The van der Waals surface area contributed by atoms with E-state index >= 15 is 0 Å². The predicted molar refractivity (Wildman–Crippen MR) is 128 cm³/mol. The topological polar surface area (TPSA) is 117 Å². The van der Waals surface area contributed by atoms with E-state index in [2.05, 4.69) is 22.1 Å². The number of unbranched alkanes of at least 4 members (excludes halogenated alkanes) is 3. The van der Waals surface area contributed by atoms with Gasteiger partial charge < -0.3 is 29.7 Å². The molecule has 176 valence electrons. The highest BCUT2D eigenvalue weighted by atomic mass is 33.1. The summed E-state index contributed by atoms with van der Waals surface area (Å²) < 4.78 is 9.70. The molecule has 0 spiro atoms. The average molecular weight is 493 g/mol. The van der Waals surface area contributed by atoms with Crippen LogP contribution in [0.25, 0.3) is 0 Å². The van der Waals surface area contributed by atoms with Gasteiger partial charge >= 0.3 is 8.60 Å². The monoisotopic (exact) mass is 492 g/mol. The van der Waals surface area contributed by atoms with Crippen LogP contribution >= 0.6 is 30.2 Å². The Hall–Kier alpha value is -0.870. The van der Waals surface area contributed by atoms with Crippen LogP contribution in [-0.2, 0) is 13.8 Å². The zero-order chi connectivity index (χ0) is 22.9. The van der Waals surface area contributed by atoms with Crippen molar-refractivity contribution >= 4 is 42.0 Å². The Morgan fingerprint density at radius 3 is 2.48 bits per heavy atom. The van der Waals surface area contributed by atoms with Crippen molar-refractivity contribution < 1.29 is 28.6 Å². The molecule has 2 atom stereocenters. The third-order valence-electron chi connectivity index (χ3n) is 4.19. The van der Waals surface area contributed by atoms with Gasteiger partial charge in [-0.1, -0.05) is 46.6 Å². The summed E-state index contributed by atoms with van der Waals surface area (Å²) >= 11 is 0. The van der Waals surface area contributed by atoms with Gasteiger partial charge in [0.15, 0.2) is 0 Å². The Kier molecular flexibility index (Phi) is 16.0. The summed E-state index contributed by atoms with van der Waals surface area (Å²) in [6.45, 7) is 3.35. The normalized spacial score (nSPS) is 12.9. The highest BCUT2D eigenvalue weighted by Crippen LogP contribution is 2.37. The van der Waals surface area contributed by atoms with Crippen molar-refractivity contribution in [3.63, 3.8) is 0 Å². The number of aliphatic hydroxyl groups excluding tert-OH is 1. The number of nitrogens with one attached hydrogen (secondary N) is 2. The molecule has 2 amide bonds. The van der Waals surface area contributed by atoms with E-state index in [4.69, 9.17) is 14.5 Å². The smallest absolute Gasteiger partial charge is 0.329 e. The fourth-order valence-electron chi connectivity index (χ4n) is 2.48. The Labute approximate surface area is 193 Å². The van der Waals surface area contributed by atoms with E-state index in [0.717, 1.165) is 31.2 Å². The molecule has 0 aromatic heterocycles. The number of hydrogen-bond acceptors (Lipinski definition) is 8. The number of carbonyl (C=O) groups excluding carboxylic acids is 2. The molecule has 0 saturated heterocycles. The zero-order valence-electron chi connectivity index (χ0n) is 18.0. The van der Waals surface area contributed by atoms with Crippen LogP contribution < -0.4 is 10.6 Å². The second-order valence-electron chi connectivity index (χ2n) is 6.62. The van der Waals surface area contributed by atoms with E-state index in [-0.39, 0.29) is 30.2 Å². The molecule has 2 unspecified atom stereocenters. The van der Waals surface area contributed by atoms with Crippen molar-refractivity contribution in [1.29, 1.82) is 0 Å². The summed E-state index contributed by atoms with van der Waals surface area (Å²) in [6, 6.07) is 7.36. The second kappa shape index (κ2) is 17.7. The summed E-state index contributed by atoms with van der Waals surface area (Å²) in [5.41, 5.74) is 1.64. The molecule has 1 aromatic rings. The molecular weight excluding hydrogens is 459 g/mol. The lowest BCUT2D eigenvalue weighted by Crippen LogP contribution is -2.26. The number of carbonyl (C=O) groups is 2. The van der Waals surface area contributed by atoms with Crippen LogP contribution in [0.15, 0.2) is 24.3 Å². The van der Waals surface area contributed by atoms with E-state index in [1.165, 1.54) is 17.9 Å². The standard InChI is InChI=1S/C20H33N2O6PS2/c1-16(17-7-9-18(10-8-17)20(25)22-12-13-23)31-30-15-19(24)21-11-5-3-4-6-14-28-29(26)27-2/h7-10,16,23,26H,3-6,11-15H2,1-2H3,(H,21,24)(H,22,25). The van der Waals surface area contributed by atoms with Crippen LogP contribution in [0.4, 0.5) is 0 Å². The van der Waals surface area contributed by atoms with Gasteiger partial charge in [-0.15, -0.1) is 0 Å². The maximum Gasteiger partial charge on any atom is 0.329 e. The average Bonchev–Trinajstić information content (AvgIpc) is 2.78. The second-order valence-corrected chi connectivity index (χ2v) is 10.4. The minimum atomic E-state index is -1.73. The molecule has 1 rings (SSSR count). The van der Waals surface area contributed by atoms with Gasteiger partial charge in [0, 0.05) is 31.0 Å². The maximum absolute atomic E-state index is 11.9. The van der Waals surface area contributed by atoms with Crippen LogP contribution in [0, 0.1) is 0 Å². The summed E-state index contributed by atoms with van der Waals surface area (Å²) in [6.07, 6.45) is 3.74. The first-order valence-electron chi connectivity index (χ1n) is 10.2. The van der Waals surface area contributed by atoms with Gasteiger partial charge in [0.1, 0.15) is 0 Å². The minimum absolute atomic E-state index is 0.0231. The molecule has 8 nitrogen and oxygen atoms in total. The Morgan fingerprint density at radius 2 is 1.81 bits per heavy atom. The lowest BCUT2D eigenvalue weighted by Gasteiger charge is -2.12. The van der Waals surface area contributed by atoms with Gasteiger partial charge in [0.05, 0.1) is 19.0 Å². The molecule has 0 heterocycles.